The van der Waals surface area contributed by atoms with E-state index in [1.807, 2.05) is 31.7 Å². The van der Waals surface area contributed by atoms with E-state index in [0.29, 0.717) is 13.0 Å². The van der Waals surface area contributed by atoms with Crippen molar-refractivity contribution in [2.24, 2.45) is 0 Å². The summed E-state index contributed by atoms with van der Waals surface area (Å²) in [6, 6.07) is 1.82. The number of aryl methyl sites for hydroxylation is 1. The van der Waals surface area contributed by atoms with Gasteiger partial charge in [-0.05, 0) is 29.8 Å². The van der Waals surface area contributed by atoms with E-state index in [1.165, 1.54) is 0 Å². The summed E-state index contributed by atoms with van der Waals surface area (Å²) < 4.78 is 0.761. The quantitative estimate of drug-likeness (QED) is 0.781. The lowest BCUT2D eigenvalue weighted by Crippen LogP contribution is -2.31. The van der Waals surface area contributed by atoms with E-state index in [-0.39, 0.29) is 5.91 Å². The normalized spacial score (nSPS) is 10.3. The minimum Gasteiger partial charge on any atom is -0.369 e. The van der Waals surface area contributed by atoms with Crippen molar-refractivity contribution in [2.45, 2.75) is 33.6 Å². The van der Waals surface area contributed by atoms with Crippen LogP contribution in [0.2, 0.25) is 0 Å². The van der Waals surface area contributed by atoms with Crippen molar-refractivity contribution in [3.05, 3.63) is 16.5 Å². The fraction of sp³-hybridized carbons (Fsp3) is 0.615. The topological polar surface area (TPSA) is 58.1 Å². The number of hydrogen-bond donors (Lipinski definition) is 1. The van der Waals surface area contributed by atoms with E-state index in [2.05, 4.69) is 31.2 Å². The Kier molecular flexibility index (Phi) is 6.77. The molecule has 1 rings (SSSR count). The molecule has 1 aromatic rings. The molecular weight excluding hydrogens is 308 g/mol. The second-order valence-corrected chi connectivity index (χ2v) is 4.90. The molecule has 0 saturated carbocycles. The SMILES string of the molecule is CCc1nc(Br)cc(NCCC(=O)N(CC)CC)n1. The Morgan fingerprint density at radius 3 is 2.58 bits per heavy atom. The number of nitrogens with one attached hydrogen (secondary N) is 1. The van der Waals surface area contributed by atoms with Gasteiger partial charge in [0.25, 0.3) is 0 Å². The predicted molar refractivity (Wildman–Crippen MR) is 80.1 cm³/mol. The Balaban J connectivity index is 2.49. The lowest BCUT2D eigenvalue weighted by molar-refractivity contribution is -0.130. The van der Waals surface area contributed by atoms with Gasteiger partial charge in [0.15, 0.2) is 0 Å². The van der Waals surface area contributed by atoms with Crippen molar-refractivity contribution in [2.75, 3.05) is 25.0 Å². The molecule has 1 N–H and O–H groups in total. The van der Waals surface area contributed by atoms with Crippen molar-refractivity contribution < 1.29 is 4.79 Å². The molecule has 1 aromatic heterocycles. The minimum atomic E-state index is 0.168. The van der Waals surface area contributed by atoms with Crippen molar-refractivity contribution in [3.8, 4) is 0 Å². The number of anilines is 1. The zero-order valence-corrected chi connectivity index (χ0v) is 13.3. The maximum Gasteiger partial charge on any atom is 0.224 e. The first kappa shape index (κ1) is 15.9. The number of halogens is 1. The van der Waals surface area contributed by atoms with Crippen LogP contribution in [0, 0.1) is 0 Å². The van der Waals surface area contributed by atoms with Crippen molar-refractivity contribution in [3.63, 3.8) is 0 Å². The van der Waals surface area contributed by atoms with Crippen LogP contribution in [0.15, 0.2) is 10.7 Å². The van der Waals surface area contributed by atoms with E-state index in [9.17, 15) is 4.79 Å². The highest BCUT2D eigenvalue weighted by Gasteiger charge is 2.09. The molecule has 5 nitrogen and oxygen atoms in total. The standard InChI is InChI=1S/C13H21BrN4O/c1-4-11-16-10(14)9-12(17-11)15-8-7-13(19)18(5-2)6-3/h9H,4-8H2,1-3H3,(H,15,16,17). The summed E-state index contributed by atoms with van der Waals surface area (Å²) in [5.74, 6) is 1.71. The number of aromatic nitrogens is 2. The van der Waals surface area contributed by atoms with Crippen LogP contribution in [-0.4, -0.2) is 40.4 Å². The first-order valence-electron chi connectivity index (χ1n) is 6.65. The van der Waals surface area contributed by atoms with E-state index in [4.69, 9.17) is 0 Å². The monoisotopic (exact) mass is 328 g/mol. The molecule has 19 heavy (non-hydrogen) atoms. The van der Waals surface area contributed by atoms with Crippen LogP contribution in [-0.2, 0) is 11.2 Å². The molecule has 0 aromatic carbocycles. The van der Waals surface area contributed by atoms with Gasteiger partial charge in [-0.15, -0.1) is 0 Å². The summed E-state index contributed by atoms with van der Waals surface area (Å²) in [6.45, 7) is 8.09. The molecule has 0 aliphatic heterocycles. The Hall–Kier alpha value is -1.17. The summed E-state index contributed by atoms with van der Waals surface area (Å²) in [6.07, 6.45) is 1.26. The molecule has 0 unspecified atom stereocenters. The smallest absolute Gasteiger partial charge is 0.224 e. The highest BCUT2D eigenvalue weighted by Crippen LogP contribution is 2.12. The Bertz CT molecular complexity index is 421. The Morgan fingerprint density at radius 1 is 1.32 bits per heavy atom. The summed E-state index contributed by atoms with van der Waals surface area (Å²) in [7, 11) is 0. The zero-order valence-electron chi connectivity index (χ0n) is 11.7. The largest absolute Gasteiger partial charge is 0.369 e. The fourth-order valence-corrected chi connectivity index (χ4v) is 2.17. The van der Waals surface area contributed by atoms with Crippen LogP contribution in [0.1, 0.15) is 33.0 Å². The van der Waals surface area contributed by atoms with Crippen LogP contribution in [0.4, 0.5) is 5.82 Å². The van der Waals surface area contributed by atoms with Crippen LogP contribution in [0.3, 0.4) is 0 Å². The van der Waals surface area contributed by atoms with Gasteiger partial charge in [0.1, 0.15) is 16.2 Å². The van der Waals surface area contributed by atoms with E-state index >= 15 is 0 Å². The molecule has 1 heterocycles. The third-order valence-electron chi connectivity index (χ3n) is 2.82. The average molecular weight is 329 g/mol. The van der Waals surface area contributed by atoms with Gasteiger partial charge in [0.05, 0.1) is 0 Å². The summed E-state index contributed by atoms with van der Waals surface area (Å²) in [4.78, 5) is 22.3. The number of carbonyl (C=O) groups excluding carboxylic acids is 1. The molecule has 0 aliphatic carbocycles. The fourth-order valence-electron chi connectivity index (χ4n) is 1.75. The number of hydrogen-bond acceptors (Lipinski definition) is 4. The van der Waals surface area contributed by atoms with Crippen molar-refractivity contribution in [1.29, 1.82) is 0 Å². The van der Waals surface area contributed by atoms with Gasteiger partial charge < -0.3 is 10.2 Å². The predicted octanol–water partition coefficient (Wildman–Crippen LogP) is 2.47. The van der Waals surface area contributed by atoms with Gasteiger partial charge in [0.2, 0.25) is 5.91 Å². The second-order valence-electron chi connectivity index (χ2n) is 4.09. The summed E-state index contributed by atoms with van der Waals surface area (Å²) in [5, 5.41) is 3.17. The number of nitrogens with zero attached hydrogens (tertiary/aromatic N) is 3. The molecule has 0 fully saturated rings. The average Bonchev–Trinajstić information content (AvgIpc) is 2.39. The van der Waals surface area contributed by atoms with Crippen molar-refractivity contribution in [1.82, 2.24) is 14.9 Å². The van der Waals surface area contributed by atoms with Crippen LogP contribution < -0.4 is 5.32 Å². The number of amides is 1. The van der Waals surface area contributed by atoms with E-state index < -0.39 is 0 Å². The molecule has 1 amide bonds. The molecule has 0 bridgehead atoms. The highest BCUT2D eigenvalue weighted by atomic mass is 79.9. The molecule has 0 radical (unpaired) electrons. The van der Waals surface area contributed by atoms with Gasteiger partial charge in [-0.2, -0.15) is 0 Å². The third kappa shape index (κ3) is 5.14. The van der Waals surface area contributed by atoms with Crippen molar-refractivity contribution >= 4 is 27.7 Å². The Morgan fingerprint density at radius 2 is 2.00 bits per heavy atom. The van der Waals surface area contributed by atoms with Gasteiger partial charge in [0, 0.05) is 38.5 Å². The van der Waals surface area contributed by atoms with Gasteiger partial charge in [-0.1, -0.05) is 6.92 Å². The first-order chi connectivity index (χ1) is 9.10. The lowest BCUT2D eigenvalue weighted by atomic mass is 10.3. The molecule has 6 heteroatoms. The number of carbonyl (C=O) groups is 1. The molecule has 0 atom stereocenters. The molecule has 0 saturated heterocycles. The second kappa shape index (κ2) is 8.09. The maximum absolute atomic E-state index is 11.8. The highest BCUT2D eigenvalue weighted by molar-refractivity contribution is 9.10. The lowest BCUT2D eigenvalue weighted by Gasteiger charge is -2.18. The third-order valence-corrected chi connectivity index (χ3v) is 3.22. The molecular formula is C13H21BrN4O. The minimum absolute atomic E-state index is 0.168. The molecule has 0 spiro atoms. The van der Waals surface area contributed by atoms with Gasteiger partial charge >= 0.3 is 0 Å². The van der Waals surface area contributed by atoms with Gasteiger partial charge in [-0.25, -0.2) is 9.97 Å². The Labute approximate surface area is 122 Å². The van der Waals surface area contributed by atoms with Crippen LogP contribution in [0.25, 0.3) is 0 Å². The molecule has 0 aliphatic rings. The summed E-state index contributed by atoms with van der Waals surface area (Å²) >= 11 is 3.35. The van der Waals surface area contributed by atoms with E-state index in [1.54, 1.807) is 0 Å². The maximum atomic E-state index is 11.8. The first-order valence-corrected chi connectivity index (χ1v) is 7.45. The number of rotatable bonds is 7. The molecule has 106 valence electrons. The zero-order chi connectivity index (χ0) is 14.3. The summed E-state index contributed by atoms with van der Waals surface area (Å²) in [5.41, 5.74) is 0. The van der Waals surface area contributed by atoms with E-state index in [0.717, 1.165) is 35.8 Å². The van der Waals surface area contributed by atoms with Crippen LogP contribution in [0.5, 0.6) is 0 Å². The van der Waals surface area contributed by atoms with Crippen LogP contribution >= 0.6 is 15.9 Å². The van der Waals surface area contributed by atoms with Gasteiger partial charge in [-0.3, -0.25) is 4.79 Å².